The molecule has 4 heteroatoms. The van der Waals surface area contributed by atoms with Crippen molar-refractivity contribution < 1.29 is 9.53 Å². The van der Waals surface area contributed by atoms with Gasteiger partial charge in [-0.05, 0) is 38.0 Å². The van der Waals surface area contributed by atoms with E-state index in [1.54, 1.807) is 6.92 Å². The van der Waals surface area contributed by atoms with E-state index in [9.17, 15) is 4.79 Å². The number of hydrogen-bond donors (Lipinski definition) is 1. The van der Waals surface area contributed by atoms with E-state index in [4.69, 9.17) is 4.74 Å². The topological polar surface area (TPSA) is 38.3 Å². The van der Waals surface area contributed by atoms with Crippen LogP contribution in [0.5, 0.6) is 5.75 Å². The summed E-state index contributed by atoms with van der Waals surface area (Å²) in [4.78, 5) is 11.6. The molecule has 0 bridgehead atoms. The zero-order valence-corrected chi connectivity index (χ0v) is 10.7. The Kier molecular flexibility index (Phi) is 3.49. The van der Waals surface area contributed by atoms with Crippen molar-refractivity contribution in [2.45, 2.75) is 31.9 Å². The Hall–Kier alpha value is -1.03. The predicted molar refractivity (Wildman–Crippen MR) is 65.4 cm³/mol. The molecule has 0 radical (unpaired) electrons. The molecule has 86 valence electrons. The van der Waals surface area contributed by atoms with E-state index in [1.807, 2.05) is 24.3 Å². The fraction of sp³-hybridized carbons (Fsp3) is 0.417. The number of halogens is 1. The van der Waals surface area contributed by atoms with Crippen LogP contribution in [0.25, 0.3) is 0 Å². The van der Waals surface area contributed by atoms with Gasteiger partial charge in [0.1, 0.15) is 5.75 Å². The Morgan fingerprint density at radius 1 is 1.56 bits per heavy atom. The highest BCUT2D eigenvalue weighted by atomic mass is 79.9. The zero-order valence-electron chi connectivity index (χ0n) is 9.07. The highest BCUT2D eigenvalue weighted by Crippen LogP contribution is 2.21. The van der Waals surface area contributed by atoms with Gasteiger partial charge < -0.3 is 10.1 Å². The molecule has 0 heterocycles. The average Bonchev–Trinajstić information content (AvgIpc) is 3.01. The van der Waals surface area contributed by atoms with E-state index >= 15 is 0 Å². The van der Waals surface area contributed by atoms with Crippen molar-refractivity contribution in [3.8, 4) is 5.75 Å². The molecule has 1 fully saturated rings. The number of ether oxygens (including phenoxy) is 1. The Bertz CT molecular complexity index is 390. The maximum absolute atomic E-state index is 11.6. The SMILES string of the molecule is CC(Oc1cccc(Br)c1)C(=O)NC1CC1. The largest absolute Gasteiger partial charge is 0.481 e. The molecule has 16 heavy (non-hydrogen) atoms. The molecule has 3 nitrogen and oxygen atoms in total. The molecular weight excluding hydrogens is 270 g/mol. The third-order valence-electron chi connectivity index (χ3n) is 2.40. The summed E-state index contributed by atoms with van der Waals surface area (Å²) in [5.74, 6) is 0.662. The lowest BCUT2D eigenvalue weighted by molar-refractivity contribution is -0.127. The first-order valence-corrected chi connectivity index (χ1v) is 6.17. The van der Waals surface area contributed by atoms with Crippen LogP contribution >= 0.6 is 15.9 Å². The smallest absolute Gasteiger partial charge is 0.260 e. The number of hydrogen-bond acceptors (Lipinski definition) is 2. The van der Waals surface area contributed by atoms with Crippen LogP contribution in [0.4, 0.5) is 0 Å². The second-order valence-electron chi connectivity index (χ2n) is 4.00. The molecule has 1 aromatic rings. The molecule has 1 unspecified atom stereocenters. The maximum Gasteiger partial charge on any atom is 0.260 e. The monoisotopic (exact) mass is 283 g/mol. The van der Waals surface area contributed by atoms with Gasteiger partial charge in [-0.15, -0.1) is 0 Å². The van der Waals surface area contributed by atoms with Crippen molar-refractivity contribution in [3.05, 3.63) is 28.7 Å². The summed E-state index contributed by atoms with van der Waals surface area (Å²) in [6, 6.07) is 7.86. The molecule has 1 aromatic carbocycles. The summed E-state index contributed by atoms with van der Waals surface area (Å²) in [6.45, 7) is 1.76. The van der Waals surface area contributed by atoms with Gasteiger partial charge in [0, 0.05) is 10.5 Å². The van der Waals surface area contributed by atoms with Crippen molar-refractivity contribution in [2.24, 2.45) is 0 Å². The van der Waals surface area contributed by atoms with Crippen molar-refractivity contribution >= 4 is 21.8 Å². The van der Waals surface area contributed by atoms with E-state index in [2.05, 4.69) is 21.2 Å². The molecule has 1 aliphatic carbocycles. The van der Waals surface area contributed by atoms with Gasteiger partial charge in [0.05, 0.1) is 0 Å². The van der Waals surface area contributed by atoms with Crippen LogP contribution in [0.15, 0.2) is 28.7 Å². The minimum Gasteiger partial charge on any atom is -0.481 e. The second-order valence-corrected chi connectivity index (χ2v) is 4.92. The summed E-state index contributed by atoms with van der Waals surface area (Å²) in [5, 5.41) is 2.91. The number of carbonyl (C=O) groups excluding carboxylic acids is 1. The van der Waals surface area contributed by atoms with Crippen molar-refractivity contribution in [2.75, 3.05) is 0 Å². The Morgan fingerprint density at radius 3 is 2.94 bits per heavy atom. The zero-order chi connectivity index (χ0) is 11.5. The lowest BCUT2D eigenvalue weighted by Crippen LogP contribution is -2.37. The van der Waals surface area contributed by atoms with Gasteiger partial charge >= 0.3 is 0 Å². The van der Waals surface area contributed by atoms with Crippen LogP contribution in [0.3, 0.4) is 0 Å². The summed E-state index contributed by atoms with van der Waals surface area (Å²) in [5.41, 5.74) is 0. The van der Waals surface area contributed by atoms with Crippen LogP contribution in [0.2, 0.25) is 0 Å². The molecule has 1 saturated carbocycles. The van der Waals surface area contributed by atoms with Gasteiger partial charge in [-0.25, -0.2) is 0 Å². The molecule has 0 aromatic heterocycles. The van der Waals surface area contributed by atoms with E-state index in [1.165, 1.54) is 0 Å². The van der Waals surface area contributed by atoms with E-state index in [0.29, 0.717) is 11.8 Å². The van der Waals surface area contributed by atoms with Gasteiger partial charge in [0.2, 0.25) is 0 Å². The normalized spacial score (nSPS) is 16.6. The van der Waals surface area contributed by atoms with Gasteiger partial charge in [-0.1, -0.05) is 22.0 Å². The number of amides is 1. The van der Waals surface area contributed by atoms with Crippen LogP contribution in [0, 0.1) is 0 Å². The third-order valence-corrected chi connectivity index (χ3v) is 2.90. The number of rotatable bonds is 4. The van der Waals surface area contributed by atoms with Crippen molar-refractivity contribution in [3.63, 3.8) is 0 Å². The van der Waals surface area contributed by atoms with E-state index in [0.717, 1.165) is 17.3 Å². The highest BCUT2D eigenvalue weighted by molar-refractivity contribution is 9.10. The van der Waals surface area contributed by atoms with Crippen molar-refractivity contribution in [1.82, 2.24) is 5.32 Å². The fourth-order valence-electron chi connectivity index (χ4n) is 1.34. The highest BCUT2D eigenvalue weighted by Gasteiger charge is 2.26. The minimum atomic E-state index is -0.449. The van der Waals surface area contributed by atoms with Gasteiger partial charge in [0.25, 0.3) is 5.91 Å². The molecule has 1 amide bonds. The molecule has 1 N–H and O–H groups in total. The summed E-state index contributed by atoms with van der Waals surface area (Å²) in [7, 11) is 0. The minimum absolute atomic E-state index is 0.0394. The summed E-state index contributed by atoms with van der Waals surface area (Å²) in [6.07, 6.45) is 1.74. The fourth-order valence-corrected chi connectivity index (χ4v) is 1.72. The van der Waals surface area contributed by atoms with Crippen LogP contribution in [-0.2, 0) is 4.79 Å². The summed E-state index contributed by atoms with van der Waals surface area (Å²) < 4.78 is 6.49. The maximum atomic E-state index is 11.6. The average molecular weight is 284 g/mol. The first-order chi connectivity index (χ1) is 7.65. The lowest BCUT2D eigenvalue weighted by Gasteiger charge is -2.14. The standard InChI is InChI=1S/C12H14BrNO2/c1-8(12(15)14-10-5-6-10)16-11-4-2-3-9(13)7-11/h2-4,7-8,10H,5-6H2,1H3,(H,14,15). The third kappa shape index (κ3) is 3.23. The quantitative estimate of drug-likeness (QED) is 0.922. The van der Waals surface area contributed by atoms with Gasteiger partial charge in [0.15, 0.2) is 6.10 Å². The Balaban J connectivity index is 1.90. The van der Waals surface area contributed by atoms with E-state index in [-0.39, 0.29) is 5.91 Å². The number of nitrogens with one attached hydrogen (secondary N) is 1. The molecule has 0 spiro atoms. The predicted octanol–water partition coefficient (Wildman–Crippen LogP) is 2.50. The number of benzene rings is 1. The molecule has 1 aliphatic rings. The van der Waals surface area contributed by atoms with Gasteiger partial charge in [-0.3, -0.25) is 4.79 Å². The van der Waals surface area contributed by atoms with E-state index < -0.39 is 6.10 Å². The molecular formula is C12H14BrNO2. The van der Waals surface area contributed by atoms with Gasteiger partial charge in [-0.2, -0.15) is 0 Å². The van der Waals surface area contributed by atoms with Crippen molar-refractivity contribution in [1.29, 1.82) is 0 Å². The first-order valence-electron chi connectivity index (χ1n) is 5.38. The molecule has 1 atom stereocenters. The Morgan fingerprint density at radius 2 is 2.31 bits per heavy atom. The number of carbonyl (C=O) groups is 1. The molecule has 0 aliphatic heterocycles. The van der Waals surface area contributed by atoms with Crippen LogP contribution in [-0.4, -0.2) is 18.1 Å². The molecule has 0 saturated heterocycles. The molecule has 2 rings (SSSR count). The van der Waals surface area contributed by atoms with Crippen LogP contribution < -0.4 is 10.1 Å². The Labute approximate surface area is 103 Å². The van der Waals surface area contributed by atoms with Crippen LogP contribution in [0.1, 0.15) is 19.8 Å². The lowest BCUT2D eigenvalue weighted by atomic mass is 10.3. The first kappa shape index (κ1) is 11.5. The second kappa shape index (κ2) is 4.87. The summed E-state index contributed by atoms with van der Waals surface area (Å²) >= 11 is 3.36.